The van der Waals surface area contributed by atoms with Crippen LogP contribution < -0.4 is 0 Å². The van der Waals surface area contributed by atoms with Gasteiger partial charge >= 0.3 is 0 Å². The largest absolute Gasteiger partial charge is 0.303 e. The van der Waals surface area contributed by atoms with Gasteiger partial charge in [0.1, 0.15) is 6.33 Å². The van der Waals surface area contributed by atoms with Crippen molar-refractivity contribution in [3.63, 3.8) is 0 Å². The first-order valence-corrected chi connectivity index (χ1v) is 7.07. The third-order valence-corrected chi connectivity index (χ3v) is 3.52. The lowest BCUT2D eigenvalue weighted by Gasteiger charge is -2.16. The van der Waals surface area contributed by atoms with E-state index in [1.165, 1.54) is 6.07 Å². The van der Waals surface area contributed by atoms with Gasteiger partial charge in [0.2, 0.25) is 0 Å². The van der Waals surface area contributed by atoms with Gasteiger partial charge in [0.05, 0.1) is 11.6 Å². The van der Waals surface area contributed by atoms with Crippen LogP contribution in [0.4, 0.5) is 5.69 Å². The van der Waals surface area contributed by atoms with E-state index in [0.717, 1.165) is 5.56 Å². The monoisotopic (exact) mass is 319 g/mol. The molecule has 1 aromatic heterocycles. The summed E-state index contributed by atoms with van der Waals surface area (Å²) in [7, 11) is 1.91. The van der Waals surface area contributed by atoms with E-state index in [4.69, 9.17) is 12.2 Å². The van der Waals surface area contributed by atoms with E-state index in [2.05, 4.69) is 11.7 Å². The van der Waals surface area contributed by atoms with Gasteiger partial charge in [-0.25, -0.2) is 4.68 Å². The van der Waals surface area contributed by atoms with E-state index in [0.29, 0.717) is 24.5 Å². The van der Waals surface area contributed by atoms with Gasteiger partial charge in [-0.15, -0.1) is 6.58 Å². The quantitative estimate of drug-likeness (QED) is 0.339. The molecule has 0 radical (unpaired) electrons. The molecule has 7 nitrogen and oxygen atoms in total. The first kappa shape index (κ1) is 16.1. The minimum atomic E-state index is -0.392. The Morgan fingerprint density at radius 1 is 1.55 bits per heavy atom. The van der Waals surface area contributed by atoms with Crippen LogP contribution in [-0.2, 0) is 19.8 Å². The Bertz CT molecular complexity index is 737. The second kappa shape index (κ2) is 7.10. The van der Waals surface area contributed by atoms with Gasteiger partial charge in [-0.05, 0) is 24.8 Å². The van der Waals surface area contributed by atoms with Crippen molar-refractivity contribution in [1.29, 1.82) is 0 Å². The van der Waals surface area contributed by atoms with Crippen molar-refractivity contribution >= 4 is 17.9 Å². The topological polar surface area (TPSA) is 69.1 Å². The SMILES string of the molecule is C=CCn1cnn(CN(C)Cc2cccc([N+](=O)[O-])c2)c1=S. The normalized spacial score (nSPS) is 10.8. The fourth-order valence-corrected chi connectivity index (χ4v) is 2.32. The van der Waals surface area contributed by atoms with Crippen LogP contribution in [0.2, 0.25) is 0 Å². The number of hydrogen-bond acceptors (Lipinski definition) is 5. The number of nitro benzene ring substituents is 1. The highest BCUT2D eigenvalue weighted by Gasteiger charge is 2.09. The van der Waals surface area contributed by atoms with Crippen molar-refractivity contribution in [2.75, 3.05) is 7.05 Å². The van der Waals surface area contributed by atoms with Crippen molar-refractivity contribution in [2.45, 2.75) is 19.8 Å². The number of rotatable bonds is 7. The van der Waals surface area contributed by atoms with Gasteiger partial charge in [0.25, 0.3) is 5.69 Å². The molecule has 116 valence electrons. The van der Waals surface area contributed by atoms with E-state index in [-0.39, 0.29) is 5.69 Å². The predicted molar refractivity (Wildman–Crippen MR) is 85.8 cm³/mol. The lowest BCUT2D eigenvalue weighted by Crippen LogP contribution is -2.22. The number of benzene rings is 1. The fourth-order valence-electron chi connectivity index (χ4n) is 2.09. The second-order valence-electron chi connectivity index (χ2n) is 4.94. The molecular formula is C14H17N5O2S. The summed E-state index contributed by atoms with van der Waals surface area (Å²) < 4.78 is 4.14. The standard InChI is InChI=1S/C14H17N5O2S/c1-3-7-17-10-15-18(14(17)22)11-16(2)9-12-5-4-6-13(8-12)19(20)21/h3-6,8,10H,1,7,9,11H2,2H3. The van der Waals surface area contributed by atoms with Crippen molar-refractivity contribution in [1.82, 2.24) is 19.2 Å². The van der Waals surface area contributed by atoms with Crippen LogP contribution in [0.5, 0.6) is 0 Å². The summed E-state index contributed by atoms with van der Waals surface area (Å²) in [5.74, 6) is 0. The fraction of sp³-hybridized carbons (Fsp3) is 0.286. The maximum absolute atomic E-state index is 10.8. The maximum atomic E-state index is 10.8. The number of hydrogen-bond donors (Lipinski definition) is 0. The van der Waals surface area contributed by atoms with Gasteiger partial charge in [-0.2, -0.15) is 5.10 Å². The first-order valence-electron chi connectivity index (χ1n) is 6.66. The molecule has 22 heavy (non-hydrogen) atoms. The third kappa shape index (κ3) is 3.86. The average molecular weight is 319 g/mol. The summed E-state index contributed by atoms with van der Waals surface area (Å²) in [6.07, 6.45) is 3.43. The predicted octanol–water partition coefficient (Wildman–Crippen LogP) is 2.60. The molecule has 0 aliphatic rings. The van der Waals surface area contributed by atoms with Gasteiger partial charge in [0, 0.05) is 25.2 Å². The van der Waals surface area contributed by atoms with Crippen molar-refractivity contribution < 1.29 is 4.92 Å². The molecule has 0 saturated carbocycles. The van der Waals surface area contributed by atoms with Crippen LogP contribution in [0, 0.1) is 14.9 Å². The molecule has 0 unspecified atom stereocenters. The molecule has 2 rings (SSSR count). The van der Waals surface area contributed by atoms with Crippen LogP contribution in [0.3, 0.4) is 0 Å². The van der Waals surface area contributed by atoms with Crippen molar-refractivity contribution in [3.8, 4) is 0 Å². The molecule has 1 heterocycles. The molecular weight excluding hydrogens is 302 g/mol. The van der Waals surface area contributed by atoms with E-state index in [1.807, 2.05) is 22.6 Å². The van der Waals surface area contributed by atoms with E-state index in [1.54, 1.807) is 29.2 Å². The number of non-ortho nitro benzene ring substituents is 1. The van der Waals surface area contributed by atoms with E-state index < -0.39 is 4.92 Å². The average Bonchev–Trinajstić information content (AvgIpc) is 2.81. The van der Waals surface area contributed by atoms with Crippen LogP contribution in [0.25, 0.3) is 0 Å². The smallest absolute Gasteiger partial charge is 0.269 e. The van der Waals surface area contributed by atoms with Gasteiger partial charge in [0.15, 0.2) is 4.77 Å². The molecule has 0 saturated heterocycles. The molecule has 0 aliphatic heterocycles. The Hall–Kier alpha value is -2.32. The summed E-state index contributed by atoms with van der Waals surface area (Å²) in [6, 6.07) is 6.60. The molecule has 0 amide bonds. The minimum Gasteiger partial charge on any atom is -0.303 e. The Labute approximate surface area is 133 Å². The Morgan fingerprint density at radius 3 is 3.00 bits per heavy atom. The van der Waals surface area contributed by atoms with Gasteiger partial charge in [-0.1, -0.05) is 18.2 Å². The summed E-state index contributed by atoms with van der Waals surface area (Å²) >= 11 is 5.33. The number of allylic oxidation sites excluding steroid dienone is 1. The van der Waals surface area contributed by atoms with Crippen LogP contribution in [0.1, 0.15) is 5.56 Å². The highest BCUT2D eigenvalue weighted by atomic mass is 32.1. The van der Waals surface area contributed by atoms with E-state index >= 15 is 0 Å². The molecule has 0 fully saturated rings. The number of aromatic nitrogens is 3. The lowest BCUT2D eigenvalue weighted by molar-refractivity contribution is -0.384. The minimum absolute atomic E-state index is 0.0952. The number of nitro groups is 1. The molecule has 2 aromatic rings. The maximum Gasteiger partial charge on any atom is 0.269 e. The molecule has 1 aromatic carbocycles. The third-order valence-electron chi connectivity index (χ3n) is 3.07. The first-order chi connectivity index (χ1) is 10.5. The Morgan fingerprint density at radius 2 is 2.32 bits per heavy atom. The molecule has 0 aliphatic carbocycles. The zero-order valence-electron chi connectivity index (χ0n) is 12.3. The molecule has 0 N–H and O–H groups in total. The summed E-state index contributed by atoms with van der Waals surface area (Å²) in [5, 5.41) is 15.0. The van der Waals surface area contributed by atoms with Crippen molar-refractivity contribution in [3.05, 3.63) is 63.7 Å². The van der Waals surface area contributed by atoms with Crippen LogP contribution >= 0.6 is 12.2 Å². The van der Waals surface area contributed by atoms with E-state index in [9.17, 15) is 10.1 Å². The highest BCUT2D eigenvalue weighted by Crippen LogP contribution is 2.14. The zero-order valence-corrected chi connectivity index (χ0v) is 13.1. The van der Waals surface area contributed by atoms with Crippen LogP contribution in [0.15, 0.2) is 43.2 Å². The lowest BCUT2D eigenvalue weighted by atomic mass is 10.2. The number of nitrogens with zero attached hydrogens (tertiary/aromatic N) is 5. The molecule has 0 atom stereocenters. The molecule has 8 heteroatoms. The molecule has 0 spiro atoms. The second-order valence-corrected chi connectivity index (χ2v) is 5.30. The summed E-state index contributed by atoms with van der Waals surface area (Å²) in [6.45, 7) is 5.37. The van der Waals surface area contributed by atoms with Gasteiger partial charge in [-0.3, -0.25) is 15.0 Å². The summed E-state index contributed by atoms with van der Waals surface area (Å²) in [5.41, 5.74) is 0.964. The van der Waals surface area contributed by atoms with Gasteiger partial charge < -0.3 is 4.57 Å². The molecule has 0 bridgehead atoms. The highest BCUT2D eigenvalue weighted by molar-refractivity contribution is 7.71. The Kier molecular flexibility index (Phi) is 5.18. The van der Waals surface area contributed by atoms with Crippen LogP contribution in [-0.4, -0.2) is 31.2 Å². The zero-order chi connectivity index (χ0) is 16.1. The Balaban J connectivity index is 2.05. The van der Waals surface area contributed by atoms with Crippen molar-refractivity contribution in [2.24, 2.45) is 0 Å². The summed E-state index contributed by atoms with van der Waals surface area (Å²) in [4.78, 5) is 12.4.